The molecule has 224 valence electrons. The molecule has 4 aromatic rings. The van der Waals surface area contributed by atoms with E-state index in [4.69, 9.17) is 9.47 Å². The van der Waals surface area contributed by atoms with Crippen molar-refractivity contribution in [2.24, 2.45) is 0 Å². The minimum Gasteiger partial charge on any atom is -0.497 e. The third kappa shape index (κ3) is 7.52. The molecule has 0 aliphatic heterocycles. The summed E-state index contributed by atoms with van der Waals surface area (Å²) >= 11 is 0. The molecule has 0 radical (unpaired) electrons. The van der Waals surface area contributed by atoms with Crippen molar-refractivity contribution >= 4 is 27.5 Å². The first-order chi connectivity index (χ1) is 20.8. The average Bonchev–Trinajstić information content (AvgIpc) is 3.05. The number of methoxy groups -OCH3 is 2. The molecule has 4 rings (SSSR count). The van der Waals surface area contributed by atoms with Crippen molar-refractivity contribution < 1.29 is 27.5 Å². The first-order valence-corrected chi connectivity index (χ1v) is 15.1. The number of sulfonamides is 1. The molecule has 0 saturated heterocycles. The summed E-state index contributed by atoms with van der Waals surface area (Å²) in [5.74, 6) is -0.331. The molecule has 43 heavy (non-hydrogen) atoms. The SMILES string of the molecule is CNC(=O)[C@@H](Cc1ccccc1)N(Cc1ccccc1)C(=O)CN(c1cc(OC)ccc1OC)S(=O)(=O)c1ccccc1. The molecular formula is C33H35N3O6S. The van der Waals surface area contributed by atoms with E-state index in [2.05, 4.69) is 5.32 Å². The summed E-state index contributed by atoms with van der Waals surface area (Å²) in [6.07, 6.45) is 0.229. The minimum atomic E-state index is -4.27. The third-order valence-corrected chi connectivity index (χ3v) is 8.75. The van der Waals surface area contributed by atoms with Crippen molar-refractivity contribution in [1.82, 2.24) is 10.2 Å². The smallest absolute Gasteiger partial charge is 0.264 e. The summed E-state index contributed by atoms with van der Waals surface area (Å²) in [7, 11) is 0.123. The van der Waals surface area contributed by atoms with Crippen LogP contribution in [0.2, 0.25) is 0 Å². The predicted molar refractivity (Wildman–Crippen MR) is 166 cm³/mol. The lowest BCUT2D eigenvalue weighted by atomic mass is 10.0. The molecule has 0 heterocycles. The highest BCUT2D eigenvalue weighted by molar-refractivity contribution is 7.92. The zero-order valence-electron chi connectivity index (χ0n) is 24.3. The number of carbonyl (C=O) groups excluding carboxylic acids is 2. The zero-order valence-corrected chi connectivity index (χ0v) is 25.2. The van der Waals surface area contributed by atoms with Crippen molar-refractivity contribution in [3.63, 3.8) is 0 Å². The molecule has 0 saturated carbocycles. The van der Waals surface area contributed by atoms with Crippen LogP contribution in [0.5, 0.6) is 11.5 Å². The van der Waals surface area contributed by atoms with Crippen LogP contribution in [-0.2, 0) is 32.6 Å². The van der Waals surface area contributed by atoms with Crippen LogP contribution in [0.25, 0.3) is 0 Å². The van der Waals surface area contributed by atoms with Crippen LogP contribution in [-0.4, -0.2) is 59.0 Å². The van der Waals surface area contributed by atoms with E-state index in [0.717, 1.165) is 15.4 Å². The number of hydrogen-bond acceptors (Lipinski definition) is 6. The maximum Gasteiger partial charge on any atom is 0.264 e. The Hall–Kier alpha value is -4.83. The first kappa shape index (κ1) is 31.1. The van der Waals surface area contributed by atoms with E-state index in [1.165, 1.54) is 44.4 Å². The van der Waals surface area contributed by atoms with Gasteiger partial charge in [0.1, 0.15) is 24.1 Å². The molecule has 9 nitrogen and oxygen atoms in total. The van der Waals surface area contributed by atoms with Crippen molar-refractivity contribution in [3.8, 4) is 11.5 Å². The van der Waals surface area contributed by atoms with Gasteiger partial charge in [-0.15, -0.1) is 0 Å². The number of amides is 2. The summed E-state index contributed by atoms with van der Waals surface area (Å²) in [5.41, 5.74) is 1.76. The maximum absolute atomic E-state index is 14.4. The van der Waals surface area contributed by atoms with E-state index in [1.807, 2.05) is 60.7 Å². The molecule has 0 bridgehead atoms. The molecule has 0 unspecified atom stereocenters. The van der Waals surface area contributed by atoms with Crippen LogP contribution < -0.4 is 19.1 Å². The average molecular weight is 602 g/mol. The van der Waals surface area contributed by atoms with Crippen LogP contribution in [0.15, 0.2) is 114 Å². The van der Waals surface area contributed by atoms with Crippen LogP contribution in [0.3, 0.4) is 0 Å². The topological polar surface area (TPSA) is 105 Å². The number of carbonyl (C=O) groups is 2. The zero-order chi connectivity index (χ0) is 30.8. The van der Waals surface area contributed by atoms with E-state index in [0.29, 0.717) is 5.75 Å². The Kier molecular flexibility index (Phi) is 10.4. The number of hydrogen-bond donors (Lipinski definition) is 1. The second kappa shape index (κ2) is 14.4. The molecule has 0 aliphatic rings. The molecule has 2 amide bonds. The Bertz CT molecular complexity index is 1620. The van der Waals surface area contributed by atoms with Gasteiger partial charge in [0.05, 0.1) is 24.8 Å². The summed E-state index contributed by atoms with van der Waals surface area (Å²) in [5, 5.41) is 2.68. The van der Waals surface area contributed by atoms with Gasteiger partial charge in [-0.3, -0.25) is 13.9 Å². The van der Waals surface area contributed by atoms with E-state index < -0.39 is 28.5 Å². The fourth-order valence-corrected chi connectivity index (χ4v) is 6.16. The molecule has 1 N–H and O–H groups in total. The van der Waals surface area contributed by atoms with Gasteiger partial charge in [-0.2, -0.15) is 0 Å². The van der Waals surface area contributed by atoms with Gasteiger partial charge in [-0.25, -0.2) is 8.42 Å². The lowest BCUT2D eigenvalue weighted by molar-refractivity contribution is -0.139. The molecule has 0 aromatic heterocycles. The molecule has 0 fully saturated rings. The number of rotatable bonds is 13. The highest BCUT2D eigenvalue weighted by Gasteiger charge is 2.35. The van der Waals surface area contributed by atoms with Crippen LogP contribution in [0, 0.1) is 0 Å². The summed E-state index contributed by atoms with van der Waals surface area (Å²) in [4.78, 5) is 29.1. The van der Waals surface area contributed by atoms with Crippen LogP contribution in [0.1, 0.15) is 11.1 Å². The normalized spacial score (nSPS) is 11.7. The lowest BCUT2D eigenvalue weighted by Gasteiger charge is -2.34. The van der Waals surface area contributed by atoms with Gasteiger partial charge in [-0.1, -0.05) is 78.9 Å². The van der Waals surface area contributed by atoms with Gasteiger partial charge >= 0.3 is 0 Å². The van der Waals surface area contributed by atoms with Crippen molar-refractivity contribution in [3.05, 3.63) is 120 Å². The Balaban J connectivity index is 1.83. The molecule has 0 aliphatic carbocycles. The van der Waals surface area contributed by atoms with Crippen molar-refractivity contribution in [2.45, 2.75) is 23.9 Å². The van der Waals surface area contributed by atoms with E-state index in [9.17, 15) is 18.0 Å². The van der Waals surface area contributed by atoms with Gasteiger partial charge in [0.15, 0.2) is 0 Å². The second-order valence-corrected chi connectivity index (χ2v) is 11.6. The number of likely N-dealkylation sites (N-methyl/N-ethyl adjacent to an activating group) is 1. The van der Waals surface area contributed by atoms with Crippen LogP contribution >= 0.6 is 0 Å². The molecule has 1 atom stereocenters. The highest BCUT2D eigenvalue weighted by Crippen LogP contribution is 2.36. The molecule has 10 heteroatoms. The van der Waals surface area contributed by atoms with Crippen LogP contribution in [0.4, 0.5) is 5.69 Å². The summed E-state index contributed by atoms with van der Waals surface area (Å²) in [6.45, 7) is -0.519. The van der Waals surface area contributed by atoms with E-state index in [-0.39, 0.29) is 35.2 Å². The minimum absolute atomic E-state index is 0.00517. The second-order valence-electron chi connectivity index (χ2n) is 9.69. The van der Waals surface area contributed by atoms with Gasteiger partial charge in [-0.05, 0) is 35.4 Å². The Labute approximate surface area is 252 Å². The van der Waals surface area contributed by atoms with Gasteiger partial charge in [0.25, 0.3) is 10.0 Å². The lowest BCUT2D eigenvalue weighted by Crippen LogP contribution is -2.53. The largest absolute Gasteiger partial charge is 0.497 e. The number of ether oxygens (including phenoxy) is 2. The number of nitrogens with one attached hydrogen (secondary N) is 1. The molecular weight excluding hydrogens is 566 g/mol. The Morgan fingerprint density at radius 1 is 0.791 bits per heavy atom. The first-order valence-electron chi connectivity index (χ1n) is 13.7. The monoisotopic (exact) mass is 601 g/mol. The number of benzene rings is 4. The molecule has 4 aromatic carbocycles. The Morgan fingerprint density at radius 2 is 1.37 bits per heavy atom. The predicted octanol–water partition coefficient (Wildman–Crippen LogP) is 4.29. The fourth-order valence-electron chi connectivity index (χ4n) is 4.73. The maximum atomic E-state index is 14.4. The van der Waals surface area contributed by atoms with E-state index >= 15 is 0 Å². The highest BCUT2D eigenvalue weighted by atomic mass is 32.2. The van der Waals surface area contributed by atoms with E-state index in [1.54, 1.807) is 30.3 Å². The van der Waals surface area contributed by atoms with Gasteiger partial charge in [0.2, 0.25) is 11.8 Å². The summed E-state index contributed by atoms with van der Waals surface area (Å²) in [6, 6.07) is 30.3. The van der Waals surface area contributed by atoms with Crippen molar-refractivity contribution in [2.75, 3.05) is 32.1 Å². The number of nitrogens with zero attached hydrogens (tertiary/aromatic N) is 2. The third-order valence-electron chi connectivity index (χ3n) is 6.98. The quantitative estimate of drug-likeness (QED) is 0.245. The summed E-state index contributed by atoms with van der Waals surface area (Å²) < 4.78 is 40.2. The van der Waals surface area contributed by atoms with Gasteiger partial charge in [0, 0.05) is 26.1 Å². The van der Waals surface area contributed by atoms with Crippen molar-refractivity contribution in [1.29, 1.82) is 0 Å². The fraction of sp³-hybridized carbons (Fsp3) is 0.212. The Morgan fingerprint density at radius 3 is 1.93 bits per heavy atom. The molecule has 0 spiro atoms. The standard InChI is InChI=1S/C33H35N3O6S/c1-34-33(38)30(21-25-13-7-4-8-14-25)35(23-26-15-9-5-10-16-26)32(37)24-36(43(39,40)28-17-11-6-12-18-28)29-22-27(41-2)19-20-31(29)42-3/h4-20,22,30H,21,23-24H2,1-3H3,(H,34,38)/t30-/m1/s1. The van der Waals surface area contributed by atoms with Gasteiger partial charge < -0.3 is 19.7 Å². The number of anilines is 1.